The molecule has 0 aliphatic rings. The van der Waals surface area contributed by atoms with Gasteiger partial charge in [-0.1, -0.05) is 49.3 Å². The Hall–Kier alpha value is -2.34. The molecular weight excluding hydrogens is 340 g/mol. The first-order valence-corrected chi connectivity index (χ1v) is 9.85. The molecular formula is C21H32N4O2. The molecule has 0 fully saturated rings. The molecule has 3 N–H and O–H groups in total. The third-order valence-corrected chi connectivity index (χ3v) is 4.54. The predicted octanol–water partition coefficient (Wildman–Crippen LogP) is 3.24. The van der Waals surface area contributed by atoms with Gasteiger partial charge in [0.15, 0.2) is 11.7 Å². The number of nitrogens with one attached hydrogen (secondary N) is 2. The van der Waals surface area contributed by atoms with Gasteiger partial charge in [0, 0.05) is 31.5 Å². The molecule has 1 aromatic heterocycles. The summed E-state index contributed by atoms with van der Waals surface area (Å²) in [6.45, 7) is 7.92. The van der Waals surface area contributed by atoms with Crippen LogP contribution in [-0.2, 0) is 13.0 Å². The van der Waals surface area contributed by atoms with Gasteiger partial charge < -0.3 is 20.3 Å². The zero-order valence-electron chi connectivity index (χ0n) is 16.6. The molecule has 1 aromatic carbocycles. The quantitative estimate of drug-likeness (QED) is 0.440. The highest BCUT2D eigenvalue weighted by Gasteiger charge is 2.13. The van der Waals surface area contributed by atoms with Crippen molar-refractivity contribution in [3.05, 3.63) is 53.4 Å². The van der Waals surface area contributed by atoms with Gasteiger partial charge in [0.05, 0.1) is 11.8 Å². The van der Waals surface area contributed by atoms with Gasteiger partial charge in [-0.25, -0.2) is 4.99 Å². The fraction of sp³-hybridized carbons (Fsp3) is 0.524. The van der Waals surface area contributed by atoms with Gasteiger partial charge in [-0.3, -0.25) is 0 Å². The summed E-state index contributed by atoms with van der Waals surface area (Å²) < 4.78 is 5.42. The molecule has 6 nitrogen and oxygen atoms in total. The van der Waals surface area contributed by atoms with Crippen molar-refractivity contribution in [1.82, 2.24) is 15.8 Å². The number of guanidine groups is 1. The molecule has 2 rings (SSSR count). The molecule has 0 spiro atoms. The van der Waals surface area contributed by atoms with Crippen LogP contribution in [0.1, 0.15) is 56.5 Å². The lowest BCUT2D eigenvalue weighted by Crippen LogP contribution is -2.41. The summed E-state index contributed by atoms with van der Waals surface area (Å²) in [5.74, 6) is 1.84. The second-order valence-electron chi connectivity index (χ2n) is 6.65. The van der Waals surface area contributed by atoms with E-state index in [0.29, 0.717) is 31.4 Å². The van der Waals surface area contributed by atoms with E-state index in [0.717, 1.165) is 36.4 Å². The van der Waals surface area contributed by atoms with E-state index in [2.05, 4.69) is 34.6 Å². The van der Waals surface area contributed by atoms with Gasteiger partial charge >= 0.3 is 0 Å². The van der Waals surface area contributed by atoms with Crippen molar-refractivity contribution >= 4 is 5.96 Å². The first kappa shape index (κ1) is 21.0. The number of aliphatic hydroxyl groups excluding tert-OH is 1. The molecule has 0 radical (unpaired) electrons. The van der Waals surface area contributed by atoms with Crippen molar-refractivity contribution < 1.29 is 9.63 Å². The lowest BCUT2D eigenvalue weighted by Gasteiger charge is -2.15. The van der Waals surface area contributed by atoms with E-state index >= 15 is 0 Å². The van der Waals surface area contributed by atoms with Gasteiger partial charge in [0.2, 0.25) is 0 Å². The lowest BCUT2D eigenvalue weighted by molar-refractivity contribution is 0.177. The number of aliphatic hydroxyl groups is 1. The summed E-state index contributed by atoms with van der Waals surface area (Å²) in [4.78, 5) is 4.54. The van der Waals surface area contributed by atoms with Crippen molar-refractivity contribution in [1.29, 1.82) is 0 Å². The summed E-state index contributed by atoms with van der Waals surface area (Å²) in [7, 11) is 0. The minimum atomic E-state index is -0.483. The number of hydrogen-bond donors (Lipinski definition) is 3. The van der Waals surface area contributed by atoms with E-state index < -0.39 is 6.10 Å². The van der Waals surface area contributed by atoms with Crippen molar-refractivity contribution in [2.24, 2.45) is 4.99 Å². The van der Waals surface area contributed by atoms with Crippen LogP contribution < -0.4 is 10.6 Å². The van der Waals surface area contributed by atoms with Crippen molar-refractivity contribution in [2.45, 2.75) is 58.6 Å². The maximum atomic E-state index is 10.2. The molecule has 0 bridgehead atoms. The SMILES string of the molecule is CCNC(=NCc1cc(C(CC)CC)no1)NCC(O)Cc1ccccc1. The molecule has 27 heavy (non-hydrogen) atoms. The third kappa shape index (κ3) is 7.06. The van der Waals surface area contributed by atoms with E-state index in [1.165, 1.54) is 0 Å². The summed E-state index contributed by atoms with van der Waals surface area (Å²) in [5.41, 5.74) is 2.12. The largest absolute Gasteiger partial charge is 0.391 e. The van der Waals surface area contributed by atoms with E-state index in [4.69, 9.17) is 4.52 Å². The number of benzene rings is 1. The smallest absolute Gasteiger partial charge is 0.191 e. The van der Waals surface area contributed by atoms with Gasteiger partial charge in [0.1, 0.15) is 6.54 Å². The fourth-order valence-electron chi connectivity index (χ4n) is 2.97. The van der Waals surface area contributed by atoms with Crippen LogP contribution in [0.5, 0.6) is 0 Å². The monoisotopic (exact) mass is 372 g/mol. The van der Waals surface area contributed by atoms with Crippen LogP contribution in [0.25, 0.3) is 0 Å². The van der Waals surface area contributed by atoms with Gasteiger partial charge in [0.25, 0.3) is 0 Å². The van der Waals surface area contributed by atoms with E-state index in [-0.39, 0.29) is 0 Å². The zero-order valence-corrected chi connectivity index (χ0v) is 16.6. The molecule has 0 aliphatic heterocycles. The summed E-state index contributed by atoms with van der Waals surface area (Å²) in [6.07, 6.45) is 2.22. The number of aliphatic imine (C=N–C) groups is 1. The number of aromatic nitrogens is 1. The van der Waals surface area contributed by atoms with Crippen LogP contribution in [0, 0.1) is 0 Å². The van der Waals surface area contributed by atoms with Crippen LogP contribution in [0.15, 0.2) is 45.9 Å². The maximum absolute atomic E-state index is 10.2. The molecule has 0 amide bonds. The Balaban J connectivity index is 1.88. The summed E-state index contributed by atoms with van der Waals surface area (Å²) >= 11 is 0. The van der Waals surface area contributed by atoms with Crippen LogP contribution in [0.4, 0.5) is 0 Å². The second kappa shape index (κ2) is 11.4. The Morgan fingerprint density at radius 2 is 1.89 bits per heavy atom. The summed E-state index contributed by atoms with van der Waals surface area (Å²) in [5, 5.41) is 20.8. The normalized spacial score (nSPS) is 13.0. The van der Waals surface area contributed by atoms with Gasteiger partial charge in [-0.15, -0.1) is 0 Å². The average molecular weight is 373 g/mol. The highest BCUT2D eigenvalue weighted by Crippen LogP contribution is 2.22. The van der Waals surface area contributed by atoms with Gasteiger partial charge in [-0.2, -0.15) is 0 Å². The first-order valence-electron chi connectivity index (χ1n) is 9.85. The lowest BCUT2D eigenvalue weighted by atomic mass is 9.99. The average Bonchev–Trinajstić information content (AvgIpc) is 3.14. The molecule has 148 valence electrons. The topological polar surface area (TPSA) is 82.7 Å². The zero-order chi connectivity index (χ0) is 19.5. The van der Waals surface area contributed by atoms with Crippen LogP contribution in [0.2, 0.25) is 0 Å². The second-order valence-corrected chi connectivity index (χ2v) is 6.65. The molecule has 0 saturated heterocycles. The van der Waals surface area contributed by atoms with Crippen molar-refractivity contribution in [3.63, 3.8) is 0 Å². The standard InChI is InChI=1S/C21H32N4O2/c1-4-17(5-2)20-13-19(27-25-20)15-24-21(22-6-3)23-14-18(26)12-16-10-8-7-9-11-16/h7-11,13,17-18,26H,4-6,12,14-15H2,1-3H3,(H2,22,23,24). The Morgan fingerprint density at radius 1 is 1.15 bits per heavy atom. The fourth-order valence-corrected chi connectivity index (χ4v) is 2.97. The minimum Gasteiger partial charge on any atom is -0.391 e. The molecule has 1 unspecified atom stereocenters. The van der Waals surface area contributed by atoms with E-state index in [1.807, 2.05) is 43.3 Å². The Bertz CT molecular complexity index is 680. The van der Waals surface area contributed by atoms with Gasteiger partial charge in [-0.05, 0) is 25.3 Å². The molecule has 2 aromatic rings. The predicted molar refractivity (Wildman–Crippen MR) is 109 cm³/mol. The Kier molecular flexibility index (Phi) is 8.84. The number of rotatable bonds is 10. The van der Waals surface area contributed by atoms with Crippen LogP contribution in [0.3, 0.4) is 0 Å². The van der Waals surface area contributed by atoms with Crippen LogP contribution in [-0.4, -0.2) is 35.4 Å². The number of hydrogen-bond acceptors (Lipinski definition) is 4. The molecule has 0 saturated carbocycles. The van der Waals surface area contributed by atoms with Crippen molar-refractivity contribution in [3.8, 4) is 0 Å². The van der Waals surface area contributed by atoms with E-state index in [9.17, 15) is 5.11 Å². The van der Waals surface area contributed by atoms with E-state index in [1.54, 1.807) is 0 Å². The van der Waals surface area contributed by atoms with Crippen LogP contribution >= 0.6 is 0 Å². The molecule has 0 aliphatic carbocycles. The Labute approximate surface area is 162 Å². The third-order valence-electron chi connectivity index (χ3n) is 4.54. The Morgan fingerprint density at radius 3 is 2.56 bits per heavy atom. The van der Waals surface area contributed by atoms with Crippen molar-refractivity contribution in [2.75, 3.05) is 13.1 Å². The maximum Gasteiger partial charge on any atom is 0.191 e. The molecule has 1 heterocycles. The molecule has 6 heteroatoms. The minimum absolute atomic E-state index is 0.414. The highest BCUT2D eigenvalue weighted by molar-refractivity contribution is 5.79. The highest BCUT2D eigenvalue weighted by atomic mass is 16.5. The molecule has 1 atom stereocenters. The first-order chi connectivity index (χ1) is 13.2. The number of nitrogens with zero attached hydrogens (tertiary/aromatic N) is 2. The summed E-state index contributed by atoms with van der Waals surface area (Å²) in [6, 6.07) is 12.0.